The molecule has 1 unspecified atom stereocenters. The summed E-state index contributed by atoms with van der Waals surface area (Å²) in [6.45, 7) is 4.64. The van der Waals surface area contributed by atoms with Crippen molar-refractivity contribution in [3.63, 3.8) is 0 Å². The topological polar surface area (TPSA) is 95.0 Å². The van der Waals surface area contributed by atoms with Crippen LogP contribution in [-0.4, -0.2) is 35.5 Å². The molecule has 2 rings (SSSR count). The van der Waals surface area contributed by atoms with Gasteiger partial charge in [-0.15, -0.1) is 6.58 Å². The Bertz CT molecular complexity index is 798. The lowest BCUT2D eigenvalue weighted by atomic mass is 9.72. The molecule has 7 nitrogen and oxygen atoms in total. The van der Waals surface area contributed by atoms with Gasteiger partial charge in [-0.05, 0) is 37.7 Å². The average Bonchev–Trinajstić information content (AvgIpc) is 2.72. The fourth-order valence-corrected chi connectivity index (χ4v) is 3.66. The summed E-state index contributed by atoms with van der Waals surface area (Å²) in [5.41, 5.74) is -0.983. The van der Waals surface area contributed by atoms with E-state index in [-0.39, 0.29) is 5.91 Å². The Hall–Kier alpha value is -3.14. The second-order valence-corrected chi connectivity index (χ2v) is 6.87. The molecule has 1 saturated heterocycles. The summed E-state index contributed by atoms with van der Waals surface area (Å²) >= 11 is 0. The predicted molar refractivity (Wildman–Crippen MR) is 104 cm³/mol. The summed E-state index contributed by atoms with van der Waals surface area (Å²) in [6, 6.07) is 9.57. The van der Waals surface area contributed by atoms with Crippen molar-refractivity contribution < 1.29 is 19.4 Å². The van der Waals surface area contributed by atoms with Crippen molar-refractivity contribution in [2.45, 2.75) is 38.6 Å². The molecular formula is C21H26N3O4+. The monoisotopic (exact) mass is 384 g/mol. The number of likely N-dealkylation sites (tertiary alicyclic amines) is 1. The Morgan fingerprint density at radius 3 is 2.75 bits per heavy atom. The number of allylic oxidation sites excluding steroid dienone is 1. The summed E-state index contributed by atoms with van der Waals surface area (Å²) < 4.78 is 4.59. The number of diazo groups is 1. The van der Waals surface area contributed by atoms with Crippen LogP contribution in [0.25, 0.3) is 4.98 Å². The number of hydrogen-bond donors (Lipinski definition) is 1. The summed E-state index contributed by atoms with van der Waals surface area (Å²) in [4.78, 5) is 30.0. The number of aliphatic hydroxyl groups is 1. The standard InChI is InChI=1S/C21H25N3O4/c1-3-4-8-12-21(18(25)17(23-22)19(26)28-2)13-9-14-24(20(21)27)15-16-10-6-5-7-11-16/h3,5-7,10-11H,1,4,8-9,12-15H2,2H3/p+1. The van der Waals surface area contributed by atoms with Crippen LogP contribution in [0.1, 0.15) is 37.7 Å². The Balaban J connectivity index is 2.44. The van der Waals surface area contributed by atoms with E-state index in [0.717, 1.165) is 12.7 Å². The molecule has 1 aliphatic heterocycles. The molecule has 148 valence electrons. The molecule has 1 aliphatic rings. The number of esters is 1. The van der Waals surface area contributed by atoms with Gasteiger partial charge in [0.25, 0.3) is 0 Å². The highest BCUT2D eigenvalue weighted by atomic mass is 16.5. The lowest BCUT2D eigenvalue weighted by Crippen LogP contribution is -2.49. The third kappa shape index (κ3) is 4.39. The van der Waals surface area contributed by atoms with Gasteiger partial charge in [0.05, 0.1) is 7.11 Å². The number of carbonyl (C=O) groups is 2. The first-order chi connectivity index (χ1) is 13.5. The Kier molecular flexibility index (Phi) is 7.33. The van der Waals surface area contributed by atoms with Crippen molar-refractivity contribution in [3.8, 4) is 0 Å². The van der Waals surface area contributed by atoms with E-state index in [4.69, 9.17) is 0 Å². The molecule has 1 N–H and O–H groups in total. The van der Waals surface area contributed by atoms with E-state index in [1.54, 1.807) is 11.0 Å². The van der Waals surface area contributed by atoms with Crippen LogP contribution in [0.5, 0.6) is 0 Å². The normalized spacial score (nSPS) is 20.1. The van der Waals surface area contributed by atoms with E-state index in [2.05, 4.69) is 16.3 Å². The number of carbonyl (C=O) groups excluding carboxylic acids is 2. The highest BCUT2D eigenvalue weighted by Crippen LogP contribution is 2.43. The summed E-state index contributed by atoms with van der Waals surface area (Å²) in [6.07, 6.45) is 4.31. The molecule has 0 aliphatic carbocycles. The number of amides is 1. The molecule has 1 fully saturated rings. The molecule has 1 atom stereocenters. The molecule has 0 bridgehead atoms. The van der Waals surface area contributed by atoms with Gasteiger partial charge in [0.2, 0.25) is 17.1 Å². The average molecular weight is 384 g/mol. The Morgan fingerprint density at radius 2 is 2.14 bits per heavy atom. The van der Waals surface area contributed by atoms with Gasteiger partial charge >= 0.3 is 11.7 Å². The molecule has 0 aromatic heterocycles. The van der Waals surface area contributed by atoms with Gasteiger partial charge in [-0.2, -0.15) is 0 Å². The zero-order valence-electron chi connectivity index (χ0n) is 16.1. The number of ether oxygens (including phenoxy) is 1. The van der Waals surface area contributed by atoms with Gasteiger partial charge in [-0.25, -0.2) is 4.79 Å². The molecule has 28 heavy (non-hydrogen) atoms. The van der Waals surface area contributed by atoms with Crippen LogP contribution in [0.4, 0.5) is 0 Å². The van der Waals surface area contributed by atoms with E-state index in [0.29, 0.717) is 45.2 Å². The second-order valence-electron chi connectivity index (χ2n) is 6.87. The molecular weight excluding hydrogens is 358 g/mol. The number of unbranched alkanes of at least 4 members (excludes halogenated alkanes) is 1. The minimum absolute atomic E-state index is 0.283. The molecule has 1 aromatic rings. The van der Waals surface area contributed by atoms with Gasteiger partial charge in [0.15, 0.2) is 4.98 Å². The summed E-state index contributed by atoms with van der Waals surface area (Å²) in [5.74, 6) is -1.81. The predicted octanol–water partition coefficient (Wildman–Crippen LogP) is 3.95. The molecule has 1 heterocycles. The van der Waals surface area contributed by atoms with Crippen LogP contribution in [0.2, 0.25) is 0 Å². The maximum Gasteiger partial charge on any atom is 0.506 e. The van der Waals surface area contributed by atoms with Gasteiger partial charge in [-0.3, -0.25) is 4.79 Å². The van der Waals surface area contributed by atoms with Crippen molar-refractivity contribution >= 4 is 11.9 Å². The van der Waals surface area contributed by atoms with Crippen molar-refractivity contribution in [3.05, 3.63) is 65.0 Å². The van der Waals surface area contributed by atoms with Crippen molar-refractivity contribution in [2.24, 2.45) is 5.41 Å². The largest absolute Gasteiger partial charge is 0.506 e. The number of aliphatic hydroxyl groups excluding tert-OH is 1. The molecule has 1 aromatic carbocycles. The van der Waals surface area contributed by atoms with Crippen LogP contribution in [0.3, 0.4) is 0 Å². The van der Waals surface area contributed by atoms with E-state index in [1.807, 2.05) is 30.3 Å². The lowest BCUT2D eigenvalue weighted by molar-refractivity contribution is -0.147. The number of nitrogens with zero attached hydrogens (tertiary/aromatic N) is 3. The maximum absolute atomic E-state index is 13.4. The van der Waals surface area contributed by atoms with Crippen LogP contribution in [0, 0.1) is 10.8 Å². The van der Waals surface area contributed by atoms with Gasteiger partial charge in [0, 0.05) is 13.1 Å². The van der Waals surface area contributed by atoms with Crippen LogP contribution in [0.15, 0.2) is 54.4 Å². The first-order valence-corrected chi connectivity index (χ1v) is 9.31. The minimum atomic E-state index is -1.33. The van der Waals surface area contributed by atoms with Crippen molar-refractivity contribution in [2.75, 3.05) is 13.7 Å². The summed E-state index contributed by atoms with van der Waals surface area (Å²) in [7, 11) is 1.12. The number of methoxy groups -OCH3 is 1. The highest BCUT2D eigenvalue weighted by Gasteiger charge is 2.52. The second kappa shape index (κ2) is 9.70. The zero-order valence-corrected chi connectivity index (χ0v) is 16.1. The summed E-state index contributed by atoms with van der Waals surface area (Å²) in [5, 5.41) is 20.2. The number of rotatable bonds is 8. The Labute approximate surface area is 164 Å². The number of benzene rings is 1. The third-order valence-electron chi connectivity index (χ3n) is 5.11. The lowest BCUT2D eigenvalue weighted by Gasteiger charge is -2.40. The van der Waals surface area contributed by atoms with E-state index >= 15 is 0 Å². The third-order valence-corrected chi connectivity index (χ3v) is 5.11. The van der Waals surface area contributed by atoms with Gasteiger partial charge in [0.1, 0.15) is 5.41 Å². The molecule has 7 heteroatoms. The van der Waals surface area contributed by atoms with Crippen molar-refractivity contribution in [1.82, 2.24) is 4.90 Å². The molecule has 0 spiro atoms. The first kappa shape index (κ1) is 21.2. The van der Waals surface area contributed by atoms with Crippen molar-refractivity contribution in [1.29, 1.82) is 5.39 Å². The Morgan fingerprint density at radius 1 is 1.43 bits per heavy atom. The fraction of sp³-hybridized carbons (Fsp3) is 0.429. The van der Waals surface area contributed by atoms with E-state index < -0.39 is 22.8 Å². The van der Waals surface area contributed by atoms with Crippen LogP contribution < -0.4 is 0 Å². The number of hydrogen-bond acceptors (Lipinski definition) is 5. The van der Waals surface area contributed by atoms with Gasteiger partial charge < -0.3 is 14.7 Å². The minimum Gasteiger partial charge on any atom is -0.504 e. The zero-order chi connectivity index (χ0) is 20.6. The maximum atomic E-state index is 13.4. The highest BCUT2D eigenvalue weighted by molar-refractivity contribution is 5.94. The van der Waals surface area contributed by atoms with Crippen LogP contribution in [-0.2, 0) is 20.9 Å². The quantitative estimate of drug-likeness (QED) is 0.183. The van der Waals surface area contributed by atoms with E-state index in [1.165, 1.54) is 0 Å². The fourth-order valence-electron chi connectivity index (χ4n) is 3.66. The molecule has 1 amide bonds. The first-order valence-electron chi connectivity index (χ1n) is 9.31. The van der Waals surface area contributed by atoms with Gasteiger partial charge in [-0.1, -0.05) is 36.4 Å². The number of piperidine rings is 1. The van der Waals surface area contributed by atoms with E-state index in [9.17, 15) is 20.1 Å². The SMILES string of the molecule is C=CCCCC1(/C(O)=C(\[N+]#N)C(=O)OC)CCCN(Cc2ccccc2)C1=O. The smallest absolute Gasteiger partial charge is 0.504 e. The molecule has 0 radical (unpaired) electrons. The molecule has 0 saturated carbocycles. The van der Waals surface area contributed by atoms with Crippen LogP contribution >= 0.6 is 0 Å².